The molecule has 0 saturated heterocycles. The molecule has 0 aliphatic carbocycles. The summed E-state index contributed by atoms with van der Waals surface area (Å²) in [6.45, 7) is 4.15. The van der Waals surface area contributed by atoms with Crippen LogP contribution >= 0.6 is 0 Å². The van der Waals surface area contributed by atoms with Gasteiger partial charge >= 0.3 is 0 Å². The minimum Gasteiger partial charge on any atom is -0.366 e. The van der Waals surface area contributed by atoms with E-state index in [2.05, 4.69) is 0 Å². The van der Waals surface area contributed by atoms with Gasteiger partial charge in [0, 0.05) is 33.9 Å². The highest BCUT2D eigenvalue weighted by molar-refractivity contribution is 7.84. The molecular formula is C12H18N2O2S. The zero-order valence-electron chi connectivity index (χ0n) is 10.1. The zero-order valence-corrected chi connectivity index (χ0v) is 10.9. The lowest BCUT2D eigenvalue weighted by Gasteiger charge is -2.11. The highest BCUT2D eigenvalue weighted by atomic mass is 32.2. The van der Waals surface area contributed by atoms with Gasteiger partial charge in [0.25, 0.3) is 0 Å². The molecule has 0 heterocycles. The standard InChI is InChI=1S/C12H18N2O2S/c1-8-5-10(12(14)15)3-4-11(8)7-17(16)9(2)6-13/h3-5,9H,6-7,13H2,1-2H3,(H2,14,15). The first kappa shape index (κ1) is 13.9. The average Bonchev–Trinajstić information content (AvgIpc) is 2.30. The summed E-state index contributed by atoms with van der Waals surface area (Å²) in [5.74, 6) is 0.0135. The molecule has 0 radical (unpaired) electrons. The van der Waals surface area contributed by atoms with E-state index in [0.29, 0.717) is 17.9 Å². The van der Waals surface area contributed by atoms with Crippen LogP contribution in [-0.4, -0.2) is 21.9 Å². The maximum Gasteiger partial charge on any atom is 0.248 e. The van der Waals surface area contributed by atoms with Crippen LogP contribution in [0.1, 0.15) is 28.4 Å². The first-order valence-corrected chi connectivity index (χ1v) is 6.80. The van der Waals surface area contributed by atoms with Crippen LogP contribution in [0.5, 0.6) is 0 Å². The minimum atomic E-state index is -0.985. The van der Waals surface area contributed by atoms with Crippen LogP contribution in [0.3, 0.4) is 0 Å². The zero-order chi connectivity index (χ0) is 13.0. The number of primary amides is 1. The molecule has 2 unspecified atom stereocenters. The van der Waals surface area contributed by atoms with Gasteiger partial charge in [0.2, 0.25) is 5.91 Å². The summed E-state index contributed by atoms with van der Waals surface area (Å²) in [5, 5.41) is -0.0229. The van der Waals surface area contributed by atoms with Crippen LogP contribution in [0, 0.1) is 6.92 Å². The number of carbonyl (C=O) groups excluding carboxylic acids is 1. The largest absolute Gasteiger partial charge is 0.366 e. The van der Waals surface area contributed by atoms with Crippen LogP contribution in [0.2, 0.25) is 0 Å². The molecule has 17 heavy (non-hydrogen) atoms. The van der Waals surface area contributed by atoms with Gasteiger partial charge in [-0.15, -0.1) is 0 Å². The number of hydrogen-bond donors (Lipinski definition) is 2. The van der Waals surface area contributed by atoms with Crippen LogP contribution in [0.4, 0.5) is 0 Å². The summed E-state index contributed by atoms with van der Waals surface area (Å²) in [6.07, 6.45) is 0. The fourth-order valence-electron chi connectivity index (χ4n) is 1.41. The topological polar surface area (TPSA) is 86.2 Å². The Morgan fingerprint density at radius 3 is 2.59 bits per heavy atom. The Kier molecular flexibility index (Phi) is 4.84. The Hall–Kier alpha value is -1.20. The van der Waals surface area contributed by atoms with E-state index in [-0.39, 0.29) is 5.25 Å². The van der Waals surface area contributed by atoms with Crippen molar-refractivity contribution >= 4 is 16.7 Å². The van der Waals surface area contributed by atoms with E-state index in [9.17, 15) is 9.00 Å². The van der Waals surface area contributed by atoms with Crippen LogP contribution in [-0.2, 0) is 16.6 Å². The molecule has 0 aliphatic heterocycles. The highest BCUT2D eigenvalue weighted by Gasteiger charge is 2.12. The molecule has 0 aliphatic rings. The van der Waals surface area contributed by atoms with Crippen LogP contribution in [0.25, 0.3) is 0 Å². The lowest BCUT2D eigenvalue weighted by atomic mass is 10.1. The molecule has 0 bridgehead atoms. The number of carbonyl (C=O) groups is 1. The third-order valence-corrected chi connectivity index (χ3v) is 4.39. The van der Waals surface area contributed by atoms with Crippen molar-refractivity contribution < 1.29 is 9.00 Å². The molecule has 94 valence electrons. The maximum absolute atomic E-state index is 11.9. The van der Waals surface area contributed by atoms with Gasteiger partial charge in [0.15, 0.2) is 0 Å². The molecule has 0 spiro atoms. The number of aryl methyl sites for hydroxylation is 1. The van der Waals surface area contributed by atoms with Gasteiger partial charge in [-0.1, -0.05) is 6.07 Å². The summed E-state index contributed by atoms with van der Waals surface area (Å²) in [7, 11) is -0.985. The third kappa shape index (κ3) is 3.64. The molecule has 0 saturated carbocycles. The molecule has 4 nitrogen and oxygen atoms in total. The van der Waals surface area contributed by atoms with Crippen molar-refractivity contribution in [1.82, 2.24) is 0 Å². The second-order valence-electron chi connectivity index (χ2n) is 4.08. The Morgan fingerprint density at radius 1 is 1.47 bits per heavy atom. The van der Waals surface area contributed by atoms with Gasteiger partial charge in [-0.25, -0.2) is 0 Å². The second kappa shape index (κ2) is 5.93. The van der Waals surface area contributed by atoms with E-state index in [1.165, 1.54) is 0 Å². The average molecular weight is 254 g/mol. The van der Waals surface area contributed by atoms with Crippen LogP contribution < -0.4 is 11.5 Å². The van der Waals surface area contributed by atoms with Crippen molar-refractivity contribution in [2.75, 3.05) is 6.54 Å². The summed E-state index contributed by atoms with van der Waals surface area (Å²) < 4.78 is 11.9. The van der Waals surface area contributed by atoms with E-state index >= 15 is 0 Å². The van der Waals surface area contributed by atoms with E-state index in [4.69, 9.17) is 11.5 Å². The summed E-state index contributed by atoms with van der Waals surface area (Å²) in [4.78, 5) is 11.0. The molecular weight excluding hydrogens is 236 g/mol. The SMILES string of the molecule is Cc1cc(C(N)=O)ccc1CS(=O)C(C)CN. The van der Waals surface area contributed by atoms with Gasteiger partial charge in [-0.05, 0) is 37.1 Å². The Morgan fingerprint density at radius 2 is 2.12 bits per heavy atom. The molecule has 2 atom stereocenters. The Labute approximate surface area is 104 Å². The van der Waals surface area contributed by atoms with Gasteiger partial charge in [-0.3, -0.25) is 9.00 Å². The quantitative estimate of drug-likeness (QED) is 0.810. The predicted octanol–water partition coefficient (Wildman–Crippen LogP) is 0.690. The van der Waals surface area contributed by atoms with Crippen molar-refractivity contribution in [3.8, 4) is 0 Å². The Balaban J connectivity index is 2.86. The van der Waals surface area contributed by atoms with Gasteiger partial charge in [0.05, 0.1) is 0 Å². The third-order valence-electron chi connectivity index (χ3n) is 2.71. The molecule has 0 aromatic heterocycles. The van der Waals surface area contributed by atoms with Gasteiger partial charge in [-0.2, -0.15) is 0 Å². The normalized spacial score (nSPS) is 14.3. The first-order chi connectivity index (χ1) is 7.95. The number of hydrogen-bond acceptors (Lipinski definition) is 3. The lowest BCUT2D eigenvalue weighted by molar-refractivity contribution is 0.1000. The van der Waals surface area contributed by atoms with Crippen molar-refractivity contribution in [3.05, 3.63) is 34.9 Å². The summed E-state index contributed by atoms with van der Waals surface area (Å²) >= 11 is 0. The monoisotopic (exact) mass is 254 g/mol. The van der Waals surface area contributed by atoms with E-state index in [1.807, 2.05) is 13.8 Å². The van der Waals surface area contributed by atoms with Crippen molar-refractivity contribution in [1.29, 1.82) is 0 Å². The van der Waals surface area contributed by atoms with Crippen molar-refractivity contribution in [2.45, 2.75) is 24.9 Å². The summed E-state index contributed by atoms with van der Waals surface area (Å²) in [5.41, 5.74) is 13.0. The number of benzene rings is 1. The van der Waals surface area contributed by atoms with Crippen molar-refractivity contribution in [3.63, 3.8) is 0 Å². The van der Waals surface area contributed by atoms with Gasteiger partial charge in [0.1, 0.15) is 0 Å². The fourth-order valence-corrected chi connectivity index (χ4v) is 2.54. The van der Waals surface area contributed by atoms with E-state index < -0.39 is 16.7 Å². The van der Waals surface area contributed by atoms with Crippen LogP contribution in [0.15, 0.2) is 18.2 Å². The lowest BCUT2D eigenvalue weighted by Crippen LogP contribution is -2.23. The molecule has 4 N–H and O–H groups in total. The maximum atomic E-state index is 11.9. The number of amides is 1. The number of nitrogens with two attached hydrogens (primary N) is 2. The van der Waals surface area contributed by atoms with Crippen molar-refractivity contribution in [2.24, 2.45) is 11.5 Å². The Bertz CT molecular complexity index is 446. The molecule has 1 amide bonds. The minimum absolute atomic E-state index is 0.0229. The van der Waals surface area contributed by atoms with Gasteiger partial charge < -0.3 is 11.5 Å². The predicted molar refractivity (Wildman–Crippen MR) is 70.1 cm³/mol. The van der Waals surface area contributed by atoms with E-state index in [0.717, 1.165) is 11.1 Å². The highest BCUT2D eigenvalue weighted by Crippen LogP contribution is 2.14. The molecule has 1 aromatic carbocycles. The number of rotatable bonds is 5. The molecule has 1 aromatic rings. The molecule has 0 fully saturated rings. The molecule has 5 heteroatoms. The van der Waals surface area contributed by atoms with E-state index in [1.54, 1.807) is 18.2 Å². The second-order valence-corrected chi connectivity index (χ2v) is 5.93. The smallest absolute Gasteiger partial charge is 0.248 e. The molecule has 1 rings (SSSR count). The fraction of sp³-hybridized carbons (Fsp3) is 0.417. The first-order valence-electron chi connectivity index (χ1n) is 5.42. The summed E-state index contributed by atoms with van der Waals surface area (Å²) in [6, 6.07) is 5.19.